The molecule has 2 saturated heterocycles. The summed E-state index contributed by atoms with van der Waals surface area (Å²) in [6.45, 7) is 8.14. The highest BCUT2D eigenvalue weighted by atomic mass is 16.5. The fourth-order valence-electron chi connectivity index (χ4n) is 4.98. The zero-order valence-corrected chi connectivity index (χ0v) is 16.6. The number of aryl methyl sites for hydroxylation is 2. The molecular formula is C22H32N2O3. The molecule has 1 aliphatic carbocycles. The van der Waals surface area contributed by atoms with Gasteiger partial charge in [0.2, 0.25) is 5.91 Å². The number of hydrogen-bond acceptors (Lipinski definition) is 4. The van der Waals surface area contributed by atoms with Gasteiger partial charge in [0.15, 0.2) is 0 Å². The molecule has 1 aromatic carbocycles. The van der Waals surface area contributed by atoms with Gasteiger partial charge in [0.1, 0.15) is 5.75 Å². The van der Waals surface area contributed by atoms with Crippen molar-refractivity contribution in [3.8, 4) is 5.75 Å². The van der Waals surface area contributed by atoms with Gasteiger partial charge in [-0.2, -0.15) is 0 Å². The summed E-state index contributed by atoms with van der Waals surface area (Å²) in [7, 11) is 0. The molecule has 0 saturated carbocycles. The number of likely N-dealkylation sites (tertiary alicyclic amines) is 1. The number of rotatable bonds is 3. The second kappa shape index (κ2) is 7.80. The highest BCUT2D eigenvalue weighted by molar-refractivity contribution is 5.79. The summed E-state index contributed by atoms with van der Waals surface area (Å²) in [5.41, 5.74) is 3.76. The Hall–Kier alpha value is -1.59. The summed E-state index contributed by atoms with van der Waals surface area (Å²) in [5.74, 6) is 0.870. The van der Waals surface area contributed by atoms with Gasteiger partial charge in [-0.15, -0.1) is 0 Å². The van der Waals surface area contributed by atoms with E-state index in [9.17, 15) is 9.90 Å². The van der Waals surface area contributed by atoms with Crippen molar-refractivity contribution in [3.63, 3.8) is 0 Å². The quantitative estimate of drug-likeness (QED) is 0.886. The average Bonchev–Trinajstić information content (AvgIpc) is 3.08. The minimum atomic E-state index is 0.126. The van der Waals surface area contributed by atoms with Gasteiger partial charge in [-0.3, -0.25) is 9.69 Å². The molecule has 1 aromatic rings. The van der Waals surface area contributed by atoms with Gasteiger partial charge >= 0.3 is 0 Å². The lowest BCUT2D eigenvalue weighted by Gasteiger charge is -2.39. The molecule has 2 atom stereocenters. The molecule has 0 aromatic heterocycles. The van der Waals surface area contributed by atoms with Gasteiger partial charge in [0.05, 0.1) is 12.2 Å². The molecule has 5 heteroatoms. The molecule has 0 unspecified atom stereocenters. The number of amides is 1. The lowest BCUT2D eigenvalue weighted by atomic mass is 9.94. The van der Waals surface area contributed by atoms with Gasteiger partial charge in [0.25, 0.3) is 0 Å². The van der Waals surface area contributed by atoms with Gasteiger partial charge in [-0.1, -0.05) is 6.07 Å². The SMILES string of the molecule is C[C@@H]1CN(C(=O)C2CCN(Cc3cc4c(cc3O)CCC4)CC2)C[C@H](C)O1. The fourth-order valence-corrected chi connectivity index (χ4v) is 4.98. The topological polar surface area (TPSA) is 53.0 Å². The molecule has 1 amide bonds. The van der Waals surface area contributed by atoms with E-state index in [4.69, 9.17) is 4.74 Å². The van der Waals surface area contributed by atoms with Crippen LogP contribution >= 0.6 is 0 Å². The number of benzene rings is 1. The number of morpholine rings is 1. The molecule has 148 valence electrons. The molecule has 0 radical (unpaired) electrons. The van der Waals surface area contributed by atoms with E-state index in [1.165, 1.54) is 17.5 Å². The van der Waals surface area contributed by atoms with E-state index >= 15 is 0 Å². The Kier molecular flexibility index (Phi) is 5.42. The van der Waals surface area contributed by atoms with Crippen molar-refractivity contribution in [2.24, 2.45) is 5.92 Å². The first kappa shape index (κ1) is 18.8. The maximum atomic E-state index is 12.9. The van der Waals surface area contributed by atoms with Crippen molar-refractivity contribution in [1.82, 2.24) is 9.80 Å². The van der Waals surface area contributed by atoms with Crippen molar-refractivity contribution in [3.05, 3.63) is 28.8 Å². The smallest absolute Gasteiger partial charge is 0.225 e. The first-order valence-electron chi connectivity index (χ1n) is 10.5. The van der Waals surface area contributed by atoms with Crippen molar-refractivity contribution in [2.75, 3.05) is 26.2 Å². The predicted octanol–water partition coefficient (Wildman–Crippen LogP) is 2.73. The summed E-state index contributed by atoms with van der Waals surface area (Å²) < 4.78 is 5.75. The molecule has 2 aliphatic heterocycles. The van der Waals surface area contributed by atoms with E-state index in [1.807, 2.05) is 24.8 Å². The third-order valence-corrected chi connectivity index (χ3v) is 6.36. The van der Waals surface area contributed by atoms with Crippen LogP contribution in [0.25, 0.3) is 0 Å². The Bertz CT molecular complexity index is 687. The van der Waals surface area contributed by atoms with Crippen molar-refractivity contribution in [2.45, 2.75) is 64.7 Å². The molecule has 2 fully saturated rings. The number of fused-ring (bicyclic) bond motifs is 1. The molecule has 0 bridgehead atoms. The van der Waals surface area contributed by atoms with E-state index in [-0.39, 0.29) is 18.1 Å². The highest BCUT2D eigenvalue weighted by Crippen LogP contribution is 2.31. The zero-order chi connectivity index (χ0) is 19.0. The fraction of sp³-hybridized carbons (Fsp3) is 0.682. The van der Waals surface area contributed by atoms with E-state index in [0.29, 0.717) is 24.7 Å². The Morgan fingerprint density at radius 2 is 1.74 bits per heavy atom. The Labute approximate surface area is 162 Å². The lowest BCUT2D eigenvalue weighted by Crippen LogP contribution is -2.51. The number of carbonyl (C=O) groups excluding carboxylic acids is 1. The Balaban J connectivity index is 1.32. The molecule has 5 nitrogen and oxygen atoms in total. The van der Waals surface area contributed by atoms with Crippen molar-refractivity contribution < 1.29 is 14.6 Å². The molecular weight excluding hydrogens is 340 g/mol. The van der Waals surface area contributed by atoms with Gasteiger partial charge in [-0.05, 0) is 76.2 Å². The summed E-state index contributed by atoms with van der Waals surface area (Å²) >= 11 is 0. The van der Waals surface area contributed by atoms with Crippen LogP contribution in [0.15, 0.2) is 12.1 Å². The van der Waals surface area contributed by atoms with Crippen molar-refractivity contribution >= 4 is 5.91 Å². The number of phenols is 1. The summed E-state index contributed by atoms with van der Waals surface area (Å²) in [4.78, 5) is 17.3. The predicted molar refractivity (Wildman–Crippen MR) is 105 cm³/mol. The third kappa shape index (κ3) is 4.14. The number of piperidine rings is 1. The second-order valence-corrected chi connectivity index (χ2v) is 8.65. The summed E-state index contributed by atoms with van der Waals surface area (Å²) in [6.07, 6.45) is 5.49. The largest absolute Gasteiger partial charge is 0.508 e. The molecule has 2 heterocycles. The van der Waals surface area contributed by atoms with Crippen LogP contribution in [0.4, 0.5) is 0 Å². The normalized spacial score (nSPS) is 27.0. The first-order valence-corrected chi connectivity index (χ1v) is 10.5. The Morgan fingerprint density at radius 3 is 2.41 bits per heavy atom. The molecule has 1 N–H and O–H groups in total. The van der Waals surface area contributed by atoms with Crippen LogP contribution in [0.1, 0.15) is 49.8 Å². The Morgan fingerprint density at radius 1 is 1.11 bits per heavy atom. The minimum Gasteiger partial charge on any atom is -0.508 e. The lowest BCUT2D eigenvalue weighted by molar-refractivity contribution is -0.148. The first-order chi connectivity index (χ1) is 13.0. The molecule has 4 rings (SSSR count). The number of carbonyl (C=O) groups is 1. The van der Waals surface area contributed by atoms with Crippen LogP contribution in [0.3, 0.4) is 0 Å². The van der Waals surface area contributed by atoms with Crippen LogP contribution in [0, 0.1) is 5.92 Å². The number of aromatic hydroxyl groups is 1. The molecule has 3 aliphatic rings. The van der Waals surface area contributed by atoms with Crippen LogP contribution < -0.4 is 0 Å². The molecule has 27 heavy (non-hydrogen) atoms. The monoisotopic (exact) mass is 372 g/mol. The van der Waals surface area contributed by atoms with Gasteiger partial charge in [-0.25, -0.2) is 0 Å². The third-order valence-electron chi connectivity index (χ3n) is 6.36. The van der Waals surface area contributed by atoms with E-state index in [2.05, 4.69) is 11.0 Å². The van der Waals surface area contributed by atoms with E-state index < -0.39 is 0 Å². The maximum Gasteiger partial charge on any atom is 0.225 e. The zero-order valence-electron chi connectivity index (χ0n) is 16.6. The second-order valence-electron chi connectivity index (χ2n) is 8.65. The van der Waals surface area contributed by atoms with Gasteiger partial charge < -0.3 is 14.7 Å². The summed E-state index contributed by atoms with van der Waals surface area (Å²) in [5, 5.41) is 10.4. The summed E-state index contributed by atoms with van der Waals surface area (Å²) in [6, 6.07) is 4.17. The molecule has 0 spiro atoms. The van der Waals surface area contributed by atoms with Crippen molar-refractivity contribution in [1.29, 1.82) is 0 Å². The van der Waals surface area contributed by atoms with Crippen LogP contribution in [-0.2, 0) is 28.9 Å². The number of nitrogens with zero attached hydrogens (tertiary/aromatic N) is 2. The van der Waals surface area contributed by atoms with Gasteiger partial charge in [0, 0.05) is 31.1 Å². The van der Waals surface area contributed by atoms with Crippen LogP contribution in [0.5, 0.6) is 5.75 Å². The highest BCUT2D eigenvalue weighted by Gasteiger charge is 2.32. The standard InChI is InChI=1S/C22H32N2O3/c1-15-12-24(13-16(2)27-15)22(26)17-6-8-23(9-7-17)14-20-10-18-4-3-5-19(18)11-21(20)25/h10-11,15-17,25H,3-9,12-14H2,1-2H3/t15-,16+. The minimum absolute atomic E-state index is 0.126. The maximum absolute atomic E-state index is 12.9. The van der Waals surface area contributed by atoms with E-state index in [0.717, 1.165) is 50.9 Å². The van der Waals surface area contributed by atoms with E-state index in [1.54, 1.807) is 0 Å². The number of phenolic OH excluding ortho intramolecular Hbond substituents is 1. The van der Waals surface area contributed by atoms with Crippen LogP contribution in [-0.4, -0.2) is 59.2 Å². The van der Waals surface area contributed by atoms with Crippen LogP contribution in [0.2, 0.25) is 0 Å². The number of hydrogen-bond donors (Lipinski definition) is 1. The average molecular weight is 373 g/mol. The number of ether oxygens (including phenoxy) is 1.